The number of hydrogen-bond acceptors (Lipinski definition) is 1. The Morgan fingerprint density at radius 1 is 1.58 bits per heavy atom. The zero-order valence-corrected chi connectivity index (χ0v) is 8.35. The van der Waals surface area contributed by atoms with Crippen LogP contribution in [0.2, 0.25) is 0 Å². The van der Waals surface area contributed by atoms with Crippen LogP contribution in [0.15, 0.2) is 0 Å². The van der Waals surface area contributed by atoms with Crippen LogP contribution in [0.1, 0.15) is 34.1 Å². The SMILES string of the molecule is CCC1CN(C(C)(C)C)C(=O)N1. The Kier molecular flexibility index (Phi) is 2.31. The smallest absolute Gasteiger partial charge is 0.318 e. The Balaban J connectivity index is 2.64. The topological polar surface area (TPSA) is 32.3 Å². The van der Waals surface area contributed by atoms with Gasteiger partial charge in [-0.25, -0.2) is 4.79 Å². The van der Waals surface area contributed by atoms with E-state index in [-0.39, 0.29) is 11.6 Å². The monoisotopic (exact) mass is 170 g/mol. The van der Waals surface area contributed by atoms with Crippen molar-refractivity contribution in [1.29, 1.82) is 0 Å². The van der Waals surface area contributed by atoms with Gasteiger partial charge in [0, 0.05) is 18.1 Å². The van der Waals surface area contributed by atoms with E-state index in [0.717, 1.165) is 13.0 Å². The first-order valence-corrected chi connectivity index (χ1v) is 4.53. The molecule has 1 N–H and O–H groups in total. The summed E-state index contributed by atoms with van der Waals surface area (Å²) in [6, 6.07) is 0.422. The second-order valence-electron chi connectivity index (χ2n) is 4.34. The summed E-state index contributed by atoms with van der Waals surface area (Å²) < 4.78 is 0. The van der Waals surface area contributed by atoms with Gasteiger partial charge >= 0.3 is 6.03 Å². The molecule has 1 fully saturated rings. The van der Waals surface area contributed by atoms with Gasteiger partial charge in [-0.05, 0) is 27.2 Å². The second kappa shape index (κ2) is 2.96. The normalized spacial score (nSPS) is 24.5. The standard InChI is InChI=1S/C9H18N2O/c1-5-7-6-11(8(12)10-7)9(2,3)4/h7H,5-6H2,1-4H3,(H,10,12). The van der Waals surface area contributed by atoms with Crippen molar-refractivity contribution in [3.8, 4) is 0 Å². The zero-order valence-electron chi connectivity index (χ0n) is 8.35. The minimum absolute atomic E-state index is 0.0476. The van der Waals surface area contributed by atoms with Crippen LogP contribution in [-0.2, 0) is 0 Å². The molecule has 0 aromatic rings. The largest absolute Gasteiger partial charge is 0.333 e. The third kappa shape index (κ3) is 1.71. The molecule has 0 saturated carbocycles. The Morgan fingerprint density at radius 3 is 2.42 bits per heavy atom. The van der Waals surface area contributed by atoms with Crippen LogP contribution in [0.4, 0.5) is 4.79 Å². The molecule has 0 aliphatic carbocycles. The minimum atomic E-state index is -0.0476. The molecule has 12 heavy (non-hydrogen) atoms. The number of carbonyl (C=O) groups excluding carboxylic acids is 1. The molecule has 0 aromatic heterocycles. The third-order valence-corrected chi connectivity index (χ3v) is 2.28. The Hall–Kier alpha value is -0.730. The molecular formula is C9H18N2O. The number of urea groups is 1. The molecule has 1 heterocycles. The highest BCUT2D eigenvalue weighted by Crippen LogP contribution is 2.18. The fourth-order valence-electron chi connectivity index (χ4n) is 1.41. The van der Waals surface area contributed by atoms with Crippen molar-refractivity contribution in [3.05, 3.63) is 0 Å². The molecule has 2 amide bonds. The fraction of sp³-hybridized carbons (Fsp3) is 0.889. The molecule has 0 spiro atoms. The van der Waals surface area contributed by atoms with Crippen LogP contribution in [0.3, 0.4) is 0 Å². The van der Waals surface area contributed by atoms with Crippen LogP contribution in [0, 0.1) is 0 Å². The van der Waals surface area contributed by atoms with E-state index in [1.54, 1.807) is 0 Å². The van der Waals surface area contributed by atoms with Crippen LogP contribution < -0.4 is 5.32 Å². The lowest BCUT2D eigenvalue weighted by molar-refractivity contribution is 0.169. The lowest BCUT2D eigenvalue weighted by Crippen LogP contribution is -2.43. The first-order valence-electron chi connectivity index (χ1n) is 4.53. The van der Waals surface area contributed by atoms with Crippen molar-refractivity contribution < 1.29 is 4.79 Å². The van der Waals surface area contributed by atoms with Gasteiger partial charge in [0.2, 0.25) is 0 Å². The van der Waals surface area contributed by atoms with E-state index in [1.165, 1.54) is 0 Å². The second-order valence-corrected chi connectivity index (χ2v) is 4.34. The molecule has 0 bridgehead atoms. The molecule has 1 unspecified atom stereocenters. The number of carbonyl (C=O) groups is 1. The maximum Gasteiger partial charge on any atom is 0.318 e. The highest BCUT2D eigenvalue weighted by Gasteiger charge is 2.34. The lowest BCUT2D eigenvalue weighted by atomic mass is 10.1. The molecule has 70 valence electrons. The molecule has 1 aliphatic heterocycles. The predicted molar refractivity (Wildman–Crippen MR) is 49.1 cm³/mol. The van der Waals surface area contributed by atoms with Gasteiger partial charge in [-0.3, -0.25) is 0 Å². The third-order valence-electron chi connectivity index (χ3n) is 2.28. The average molecular weight is 170 g/mol. The molecule has 1 saturated heterocycles. The van der Waals surface area contributed by atoms with Crippen molar-refractivity contribution in [1.82, 2.24) is 10.2 Å². The maximum absolute atomic E-state index is 11.4. The van der Waals surface area contributed by atoms with E-state index in [9.17, 15) is 4.79 Å². The van der Waals surface area contributed by atoms with Crippen molar-refractivity contribution in [3.63, 3.8) is 0 Å². The zero-order chi connectivity index (χ0) is 9.35. The van der Waals surface area contributed by atoms with E-state index >= 15 is 0 Å². The summed E-state index contributed by atoms with van der Waals surface area (Å²) >= 11 is 0. The molecule has 0 radical (unpaired) electrons. The first-order chi connectivity index (χ1) is 5.45. The number of rotatable bonds is 1. The summed E-state index contributed by atoms with van der Waals surface area (Å²) in [5.41, 5.74) is -0.0476. The first kappa shape index (κ1) is 9.36. The maximum atomic E-state index is 11.4. The summed E-state index contributed by atoms with van der Waals surface area (Å²) in [7, 11) is 0. The quantitative estimate of drug-likeness (QED) is 0.636. The number of nitrogens with zero attached hydrogens (tertiary/aromatic N) is 1. The summed E-state index contributed by atoms with van der Waals surface area (Å²) in [6.45, 7) is 9.12. The number of amides is 2. The van der Waals surface area contributed by atoms with Crippen molar-refractivity contribution in [2.24, 2.45) is 0 Å². The number of nitrogens with one attached hydrogen (secondary N) is 1. The van der Waals surface area contributed by atoms with Crippen LogP contribution in [0.5, 0.6) is 0 Å². The molecule has 1 rings (SSSR count). The van der Waals surface area contributed by atoms with E-state index in [2.05, 4.69) is 33.0 Å². The lowest BCUT2D eigenvalue weighted by Gasteiger charge is -2.30. The van der Waals surface area contributed by atoms with Gasteiger partial charge in [0.1, 0.15) is 0 Å². The van der Waals surface area contributed by atoms with Crippen molar-refractivity contribution in [2.45, 2.75) is 45.7 Å². The highest BCUT2D eigenvalue weighted by atomic mass is 16.2. The van der Waals surface area contributed by atoms with Gasteiger partial charge in [-0.2, -0.15) is 0 Å². The van der Waals surface area contributed by atoms with E-state index < -0.39 is 0 Å². The Labute approximate surface area is 74.1 Å². The highest BCUT2D eigenvalue weighted by molar-refractivity contribution is 5.77. The predicted octanol–water partition coefficient (Wildman–Crippen LogP) is 1.59. The minimum Gasteiger partial charge on any atom is -0.333 e. The average Bonchev–Trinajstić information content (AvgIpc) is 2.29. The molecular weight excluding hydrogens is 152 g/mol. The van der Waals surface area contributed by atoms with Crippen molar-refractivity contribution in [2.75, 3.05) is 6.54 Å². The van der Waals surface area contributed by atoms with Crippen LogP contribution in [-0.4, -0.2) is 29.1 Å². The molecule has 1 aliphatic rings. The number of hydrogen-bond donors (Lipinski definition) is 1. The Bertz CT molecular complexity index is 183. The van der Waals surface area contributed by atoms with Crippen LogP contribution >= 0.6 is 0 Å². The summed E-state index contributed by atoms with van der Waals surface area (Å²) in [5, 5.41) is 2.95. The van der Waals surface area contributed by atoms with E-state index in [1.807, 2.05) is 4.90 Å². The van der Waals surface area contributed by atoms with E-state index in [4.69, 9.17) is 0 Å². The van der Waals surface area contributed by atoms with Gasteiger partial charge in [-0.15, -0.1) is 0 Å². The van der Waals surface area contributed by atoms with Gasteiger partial charge in [-0.1, -0.05) is 6.92 Å². The summed E-state index contributed by atoms with van der Waals surface area (Å²) in [5.74, 6) is 0. The van der Waals surface area contributed by atoms with Gasteiger partial charge in [0.05, 0.1) is 0 Å². The molecule has 3 heteroatoms. The van der Waals surface area contributed by atoms with Gasteiger partial charge in [0.25, 0.3) is 0 Å². The fourth-order valence-corrected chi connectivity index (χ4v) is 1.41. The summed E-state index contributed by atoms with van der Waals surface area (Å²) in [6.07, 6.45) is 1.01. The Morgan fingerprint density at radius 2 is 2.17 bits per heavy atom. The van der Waals surface area contributed by atoms with Crippen LogP contribution in [0.25, 0.3) is 0 Å². The van der Waals surface area contributed by atoms with Gasteiger partial charge < -0.3 is 10.2 Å². The molecule has 1 atom stereocenters. The summed E-state index contributed by atoms with van der Waals surface area (Å²) in [4.78, 5) is 13.3. The van der Waals surface area contributed by atoms with E-state index in [0.29, 0.717) is 6.04 Å². The van der Waals surface area contributed by atoms with Gasteiger partial charge in [0.15, 0.2) is 0 Å². The molecule has 0 aromatic carbocycles. The molecule has 3 nitrogen and oxygen atoms in total. The van der Waals surface area contributed by atoms with Crippen molar-refractivity contribution >= 4 is 6.03 Å².